The maximum absolute atomic E-state index is 13.4. The minimum Gasteiger partial charge on any atom is -0.480 e. The summed E-state index contributed by atoms with van der Waals surface area (Å²) in [4.78, 5) is 24.6. The van der Waals surface area contributed by atoms with E-state index in [0.29, 0.717) is 24.2 Å². The van der Waals surface area contributed by atoms with Crippen LogP contribution in [0.2, 0.25) is 0 Å². The van der Waals surface area contributed by atoms with Crippen molar-refractivity contribution in [3.05, 3.63) is 29.6 Å². The molecular weight excluding hydrogens is 263 g/mol. The Morgan fingerprint density at radius 1 is 1.40 bits per heavy atom. The minimum absolute atomic E-state index is 0.338. The Balaban J connectivity index is 2.14. The third kappa shape index (κ3) is 2.89. The Hall–Kier alpha value is -2.11. The highest BCUT2D eigenvalue weighted by Gasteiger charge is 2.32. The number of carboxylic acids is 1. The van der Waals surface area contributed by atoms with Crippen molar-refractivity contribution < 1.29 is 19.1 Å². The van der Waals surface area contributed by atoms with E-state index in [1.165, 1.54) is 17.0 Å². The summed E-state index contributed by atoms with van der Waals surface area (Å²) in [5.41, 5.74) is 0.703. The van der Waals surface area contributed by atoms with Gasteiger partial charge in [-0.05, 0) is 38.3 Å². The number of halogens is 1. The molecule has 1 aliphatic heterocycles. The van der Waals surface area contributed by atoms with Crippen molar-refractivity contribution in [3.63, 3.8) is 0 Å². The van der Waals surface area contributed by atoms with Crippen LogP contribution in [0.4, 0.5) is 14.9 Å². The van der Waals surface area contributed by atoms with E-state index in [4.69, 9.17) is 5.11 Å². The molecule has 20 heavy (non-hydrogen) atoms. The topological polar surface area (TPSA) is 69.6 Å². The van der Waals surface area contributed by atoms with Crippen LogP contribution in [0, 0.1) is 12.7 Å². The summed E-state index contributed by atoms with van der Waals surface area (Å²) < 4.78 is 13.4. The fourth-order valence-corrected chi connectivity index (χ4v) is 2.36. The van der Waals surface area contributed by atoms with Gasteiger partial charge in [-0.3, -0.25) is 0 Å². The van der Waals surface area contributed by atoms with Gasteiger partial charge in [-0.2, -0.15) is 0 Å². The smallest absolute Gasteiger partial charge is 0.326 e. The van der Waals surface area contributed by atoms with E-state index in [1.54, 1.807) is 13.0 Å². The van der Waals surface area contributed by atoms with E-state index in [1.807, 2.05) is 0 Å². The average molecular weight is 280 g/mol. The second-order valence-electron chi connectivity index (χ2n) is 4.89. The van der Waals surface area contributed by atoms with E-state index < -0.39 is 23.9 Å². The van der Waals surface area contributed by atoms with Crippen LogP contribution in [0.5, 0.6) is 0 Å². The zero-order valence-corrected chi connectivity index (χ0v) is 11.2. The van der Waals surface area contributed by atoms with Crippen molar-refractivity contribution in [2.75, 3.05) is 11.9 Å². The van der Waals surface area contributed by atoms with Gasteiger partial charge in [0.05, 0.1) is 0 Å². The van der Waals surface area contributed by atoms with Gasteiger partial charge >= 0.3 is 12.0 Å². The van der Waals surface area contributed by atoms with Gasteiger partial charge in [0.2, 0.25) is 0 Å². The number of piperidine rings is 1. The van der Waals surface area contributed by atoms with E-state index in [-0.39, 0.29) is 0 Å². The number of benzene rings is 1. The Kier molecular flexibility index (Phi) is 4.22. The predicted molar refractivity (Wildman–Crippen MR) is 72.1 cm³/mol. The maximum atomic E-state index is 13.4. The first kappa shape index (κ1) is 14.3. The molecule has 108 valence electrons. The summed E-state index contributed by atoms with van der Waals surface area (Å²) >= 11 is 0. The SMILES string of the molecule is Cc1c(F)cccc1NC(=O)N1CCCCC1C(=O)O. The molecule has 1 heterocycles. The van der Waals surface area contributed by atoms with Gasteiger partial charge in [0.25, 0.3) is 0 Å². The molecule has 0 bridgehead atoms. The normalized spacial score (nSPS) is 18.7. The number of rotatable bonds is 2. The zero-order chi connectivity index (χ0) is 14.7. The van der Waals surface area contributed by atoms with Gasteiger partial charge in [0.1, 0.15) is 11.9 Å². The first-order valence-corrected chi connectivity index (χ1v) is 6.56. The lowest BCUT2D eigenvalue weighted by atomic mass is 10.0. The lowest BCUT2D eigenvalue weighted by molar-refractivity contribution is -0.143. The first-order chi connectivity index (χ1) is 9.50. The molecule has 2 N–H and O–H groups in total. The van der Waals surface area contributed by atoms with E-state index >= 15 is 0 Å². The second-order valence-corrected chi connectivity index (χ2v) is 4.89. The quantitative estimate of drug-likeness (QED) is 0.874. The standard InChI is InChI=1S/C14H17FN2O3/c1-9-10(15)5-4-6-11(9)16-14(20)17-8-3-2-7-12(17)13(18)19/h4-6,12H,2-3,7-8H2,1H3,(H,16,20)(H,18,19). The molecule has 0 spiro atoms. The van der Waals surface area contributed by atoms with Gasteiger partial charge in [-0.25, -0.2) is 14.0 Å². The molecule has 2 amide bonds. The number of anilines is 1. The van der Waals surface area contributed by atoms with Crippen LogP contribution in [-0.4, -0.2) is 34.6 Å². The van der Waals surface area contributed by atoms with Crippen LogP contribution in [0.3, 0.4) is 0 Å². The summed E-state index contributed by atoms with van der Waals surface area (Å²) in [5, 5.41) is 11.7. The highest BCUT2D eigenvalue weighted by atomic mass is 19.1. The third-order valence-corrected chi connectivity index (χ3v) is 3.56. The fraction of sp³-hybridized carbons (Fsp3) is 0.429. The molecule has 1 aromatic carbocycles. The molecule has 0 aromatic heterocycles. The van der Waals surface area contributed by atoms with Crippen LogP contribution in [-0.2, 0) is 4.79 Å². The number of nitrogens with zero attached hydrogens (tertiary/aromatic N) is 1. The molecule has 1 saturated heterocycles. The van der Waals surface area contributed by atoms with Crippen molar-refractivity contribution in [3.8, 4) is 0 Å². The molecule has 2 rings (SSSR count). The Morgan fingerprint density at radius 2 is 2.15 bits per heavy atom. The molecule has 0 radical (unpaired) electrons. The molecular formula is C14H17FN2O3. The maximum Gasteiger partial charge on any atom is 0.326 e. The number of likely N-dealkylation sites (tertiary alicyclic amines) is 1. The van der Waals surface area contributed by atoms with Crippen LogP contribution >= 0.6 is 0 Å². The van der Waals surface area contributed by atoms with Gasteiger partial charge in [-0.1, -0.05) is 6.07 Å². The molecule has 0 aliphatic carbocycles. The van der Waals surface area contributed by atoms with Crippen LogP contribution in [0.1, 0.15) is 24.8 Å². The Morgan fingerprint density at radius 3 is 2.85 bits per heavy atom. The number of carboxylic acid groups (broad SMARTS) is 1. The van der Waals surface area contributed by atoms with E-state index in [2.05, 4.69) is 5.32 Å². The lowest BCUT2D eigenvalue weighted by Gasteiger charge is -2.33. The fourth-order valence-electron chi connectivity index (χ4n) is 2.36. The monoisotopic (exact) mass is 280 g/mol. The lowest BCUT2D eigenvalue weighted by Crippen LogP contribution is -2.49. The van der Waals surface area contributed by atoms with Gasteiger partial charge < -0.3 is 15.3 Å². The second kappa shape index (κ2) is 5.90. The Labute approximate surface area is 116 Å². The van der Waals surface area contributed by atoms with E-state index in [9.17, 15) is 14.0 Å². The number of aliphatic carboxylic acids is 1. The molecule has 6 heteroatoms. The zero-order valence-electron chi connectivity index (χ0n) is 11.2. The average Bonchev–Trinajstić information content (AvgIpc) is 2.43. The van der Waals surface area contributed by atoms with Crippen molar-refractivity contribution >= 4 is 17.7 Å². The molecule has 1 aliphatic rings. The van der Waals surface area contributed by atoms with Crippen LogP contribution < -0.4 is 5.32 Å². The summed E-state index contributed by atoms with van der Waals surface area (Å²) in [7, 11) is 0. The molecule has 1 unspecified atom stereocenters. The highest BCUT2D eigenvalue weighted by molar-refractivity contribution is 5.93. The predicted octanol–water partition coefficient (Wildman–Crippen LogP) is 2.61. The number of carbonyl (C=O) groups excluding carboxylic acids is 1. The summed E-state index contributed by atoms with van der Waals surface area (Å²) in [6.07, 6.45) is 2.02. The number of hydrogen-bond donors (Lipinski definition) is 2. The number of nitrogens with one attached hydrogen (secondary N) is 1. The first-order valence-electron chi connectivity index (χ1n) is 6.56. The van der Waals surface area contributed by atoms with Gasteiger partial charge in [-0.15, -0.1) is 0 Å². The number of hydrogen-bond acceptors (Lipinski definition) is 2. The summed E-state index contributed by atoms with van der Waals surface area (Å²) in [6, 6.07) is 3.11. The van der Waals surface area contributed by atoms with Gasteiger partial charge in [0.15, 0.2) is 0 Å². The third-order valence-electron chi connectivity index (χ3n) is 3.56. The van der Waals surface area contributed by atoms with Crippen molar-refractivity contribution in [2.45, 2.75) is 32.2 Å². The number of carbonyl (C=O) groups is 2. The minimum atomic E-state index is -1.00. The molecule has 1 fully saturated rings. The molecule has 1 atom stereocenters. The van der Waals surface area contributed by atoms with E-state index in [0.717, 1.165) is 12.8 Å². The summed E-state index contributed by atoms with van der Waals surface area (Å²) in [6.45, 7) is 1.97. The van der Waals surface area contributed by atoms with Crippen LogP contribution in [0.25, 0.3) is 0 Å². The molecule has 1 aromatic rings. The van der Waals surface area contributed by atoms with Crippen molar-refractivity contribution in [2.24, 2.45) is 0 Å². The largest absolute Gasteiger partial charge is 0.480 e. The van der Waals surface area contributed by atoms with Gasteiger partial charge in [0, 0.05) is 17.8 Å². The summed E-state index contributed by atoms with van der Waals surface area (Å²) in [5.74, 6) is -1.41. The number of urea groups is 1. The van der Waals surface area contributed by atoms with Crippen molar-refractivity contribution in [1.29, 1.82) is 0 Å². The van der Waals surface area contributed by atoms with Crippen LogP contribution in [0.15, 0.2) is 18.2 Å². The highest BCUT2D eigenvalue weighted by Crippen LogP contribution is 2.21. The molecule has 5 nitrogen and oxygen atoms in total. The van der Waals surface area contributed by atoms with Crippen molar-refractivity contribution in [1.82, 2.24) is 4.90 Å². The number of amides is 2. The Bertz CT molecular complexity index is 533. The molecule has 0 saturated carbocycles.